The lowest BCUT2D eigenvalue weighted by atomic mass is 10.0. The zero-order valence-electron chi connectivity index (χ0n) is 19.1. The first-order valence-electron chi connectivity index (χ1n) is 11.0. The van der Waals surface area contributed by atoms with E-state index in [9.17, 15) is 4.39 Å². The molecule has 166 valence electrons. The number of nitrogens with zero attached hydrogens (tertiary/aromatic N) is 2. The summed E-state index contributed by atoms with van der Waals surface area (Å²) in [6, 6.07) is 10.8. The molecule has 0 bridgehead atoms. The summed E-state index contributed by atoms with van der Waals surface area (Å²) in [7, 11) is 0.152. The van der Waals surface area contributed by atoms with Crippen LogP contribution in [0.15, 0.2) is 36.4 Å². The lowest BCUT2D eigenvalue weighted by Crippen LogP contribution is -2.38. The summed E-state index contributed by atoms with van der Waals surface area (Å²) < 4.78 is 19.9. The predicted molar refractivity (Wildman–Crippen MR) is 131 cm³/mol. The topological polar surface area (TPSA) is 59.1 Å². The zero-order valence-corrected chi connectivity index (χ0v) is 20.1. The van der Waals surface area contributed by atoms with Gasteiger partial charge in [0.1, 0.15) is 25.3 Å². The first kappa shape index (κ1) is 22.2. The Hall–Kier alpha value is -2.95. The van der Waals surface area contributed by atoms with Crippen LogP contribution >= 0.6 is 0 Å². The highest BCUT2D eigenvalue weighted by Crippen LogP contribution is 2.36. The van der Waals surface area contributed by atoms with E-state index in [4.69, 9.17) is 4.74 Å². The summed E-state index contributed by atoms with van der Waals surface area (Å²) in [5, 5.41) is 17.4. The third kappa shape index (κ3) is 5.09. The Morgan fingerprint density at radius 3 is 2.69 bits per heavy atom. The summed E-state index contributed by atoms with van der Waals surface area (Å²) >= 11 is 0. The largest absolute Gasteiger partial charge is 0.496 e. The van der Waals surface area contributed by atoms with Gasteiger partial charge in [0, 0.05) is 34.5 Å². The van der Waals surface area contributed by atoms with Crippen LogP contribution in [0.5, 0.6) is 5.75 Å². The van der Waals surface area contributed by atoms with Gasteiger partial charge in [-0.05, 0) is 55.8 Å². The fourth-order valence-corrected chi connectivity index (χ4v) is 4.34. The standard InChI is InChI=1S/C25H29FN4OSi/c1-31-23-14-17(11-13-32(2,3)4)7-9-21(23)24-20-10-8-18(26)15-22(20)25(30-29-24)28-19-6-5-12-27-16-19/h7-10,14-15,19,27H,5-6,12,16H2,1-4H3,(H,28,30). The van der Waals surface area contributed by atoms with Crippen LogP contribution in [-0.4, -0.2) is 44.5 Å². The number of ether oxygens (including phenoxy) is 1. The van der Waals surface area contributed by atoms with Crippen LogP contribution in [0, 0.1) is 17.3 Å². The molecule has 0 radical (unpaired) electrons. The van der Waals surface area contributed by atoms with Crippen molar-refractivity contribution in [3.8, 4) is 28.5 Å². The van der Waals surface area contributed by atoms with Gasteiger partial charge in [-0.2, -0.15) is 0 Å². The van der Waals surface area contributed by atoms with Crippen molar-refractivity contribution < 1.29 is 9.13 Å². The van der Waals surface area contributed by atoms with Gasteiger partial charge in [-0.1, -0.05) is 25.6 Å². The molecule has 1 saturated heterocycles. The number of rotatable bonds is 4. The smallest absolute Gasteiger partial charge is 0.156 e. The molecule has 0 aliphatic carbocycles. The molecule has 2 heterocycles. The molecule has 2 N–H and O–H groups in total. The minimum Gasteiger partial charge on any atom is -0.496 e. The highest BCUT2D eigenvalue weighted by atomic mass is 28.3. The summed E-state index contributed by atoms with van der Waals surface area (Å²) in [5.74, 6) is 4.24. The van der Waals surface area contributed by atoms with Crippen molar-refractivity contribution in [2.75, 3.05) is 25.5 Å². The number of hydrogen-bond donors (Lipinski definition) is 2. The molecule has 1 aliphatic rings. The highest BCUT2D eigenvalue weighted by Gasteiger charge is 2.19. The van der Waals surface area contributed by atoms with E-state index in [2.05, 4.69) is 51.9 Å². The first-order valence-corrected chi connectivity index (χ1v) is 14.5. The van der Waals surface area contributed by atoms with E-state index in [1.807, 2.05) is 18.2 Å². The Labute approximate surface area is 189 Å². The molecule has 1 aromatic heterocycles. The monoisotopic (exact) mass is 448 g/mol. The van der Waals surface area contributed by atoms with Crippen LogP contribution in [0.3, 0.4) is 0 Å². The maximum Gasteiger partial charge on any atom is 0.156 e. The lowest BCUT2D eigenvalue weighted by Gasteiger charge is -2.24. The van der Waals surface area contributed by atoms with E-state index in [-0.39, 0.29) is 11.9 Å². The normalized spacial score (nSPS) is 16.3. The fraction of sp³-hybridized carbons (Fsp3) is 0.360. The molecule has 0 amide bonds. The van der Waals surface area contributed by atoms with Gasteiger partial charge < -0.3 is 15.4 Å². The molecule has 4 rings (SSSR count). The van der Waals surface area contributed by atoms with Crippen molar-refractivity contribution in [3.05, 3.63) is 47.8 Å². The molecule has 32 heavy (non-hydrogen) atoms. The molecule has 1 unspecified atom stereocenters. The Morgan fingerprint density at radius 1 is 1.12 bits per heavy atom. The molecule has 5 nitrogen and oxygen atoms in total. The van der Waals surface area contributed by atoms with Gasteiger partial charge in [0.05, 0.1) is 7.11 Å². The van der Waals surface area contributed by atoms with Crippen molar-refractivity contribution in [2.45, 2.75) is 38.5 Å². The van der Waals surface area contributed by atoms with Gasteiger partial charge in [-0.25, -0.2) is 4.39 Å². The van der Waals surface area contributed by atoms with Gasteiger partial charge >= 0.3 is 0 Å². The van der Waals surface area contributed by atoms with E-state index < -0.39 is 8.07 Å². The highest BCUT2D eigenvalue weighted by molar-refractivity contribution is 6.83. The first-order chi connectivity index (χ1) is 15.3. The van der Waals surface area contributed by atoms with Crippen LogP contribution in [0.4, 0.5) is 10.2 Å². The van der Waals surface area contributed by atoms with Gasteiger partial charge in [0.2, 0.25) is 0 Å². The van der Waals surface area contributed by atoms with Gasteiger partial charge in [-0.15, -0.1) is 15.7 Å². The second-order valence-corrected chi connectivity index (χ2v) is 13.9. The minimum absolute atomic E-state index is 0.245. The van der Waals surface area contributed by atoms with Crippen LogP contribution in [0.2, 0.25) is 19.6 Å². The molecule has 1 atom stereocenters. The Morgan fingerprint density at radius 2 is 1.97 bits per heavy atom. The summed E-state index contributed by atoms with van der Waals surface area (Å²) in [6.45, 7) is 8.52. The lowest BCUT2D eigenvalue weighted by molar-refractivity contribution is 0.416. The Balaban J connectivity index is 1.77. The van der Waals surface area contributed by atoms with E-state index >= 15 is 0 Å². The van der Waals surface area contributed by atoms with E-state index in [1.54, 1.807) is 13.2 Å². The quantitative estimate of drug-likeness (QED) is 0.442. The molecule has 0 spiro atoms. The molecule has 2 aromatic carbocycles. The van der Waals surface area contributed by atoms with Crippen LogP contribution in [0.25, 0.3) is 22.0 Å². The van der Waals surface area contributed by atoms with Crippen molar-refractivity contribution in [2.24, 2.45) is 0 Å². The summed E-state index contributed by atoms with van der Waals surface area (Å²) in [4.78, 5) is 0. The average molecular weight is 449 g/mol. The molecule has 3 aromatic rings. The molecule has 7 heteroatoms. The Bertz CT molecular complexity index is 1190. The molecule has 0 saturated carbocycles. The number of piperidine rings is 1. The number of nitrogens with one attached hydrogen (secondary N) is 2. The number of anilines is 1. The predicted octanol–water partition coefficient (Wildman–Crippen LogP) is 4.84. The van der Waals surface area contributed by atoms with Gasteiger partial charge in [-0.3, -0.25) is 0 Å². The van der Waals surface area contributed by atoms with Crippen LogP contribution < -0.4 is 15.4 Å². The number of hydrogen-bond acceptors (Lipinski definition) is 5. The van der Waals surface area contributed by atoms with Crippen molar-refractivity contribution in [3.63, 3.8) is 0 Å². The third-order valence-electron chi connectivity index (χ3n) is 5.42. The fourth-order valence-electron chi connectivity index (χ4n) is 3.82. The van der Waals surface area contributed by atoms with Crippen LogP contribution in [-0.2, 0) is 0 Å². The molecular formula is C25H29FN4OSi. The van der Waals surface area contributed by atoms with Crippen LogP contribution in [0.1, 0.15) is 18.4 Å². The number of fused-ring (bicyclic) bond motifs is 1. The number of halogens is 1. The summed E-state index contributed by atoms with van der Waals surface area (Å²) in [6.07, 6.45) is 2.14. The van der Waals surface area contributed by atoms with Gasteiger partial charge in [0.15, 0.2) is 5.82 Å². The summed E-state index contributed by atoms with van der Waals surface area (Å²) in [5.41, 5.74) is 5.75. The van der Waals surface area contributed by atoms with Crippen molar-refractivity contribution in [1.82, 2.24) is 15.5 Å². The van der Waals surface area contributed by atoms with Crippen molar-refractivity contribution >= 4 is 24.7 Å². The average Bonchev–Trinajstić information content (AvgIpc) is 2.78. The molecule has 1 fully saturated rings. The van der Waals surface area contributed by atoms with Crippen molar-refractivity contribution in [1.29, 1.82) is 0 Å². The SMILES string of the molecule is COc1cc(C#C[Si](C)(C)C)ccc1-c1nnc(NC2CCCNC2)c2cc(F)ccc12. The second-order valence-electron chi connectivity index (χ2n) is 9.19. The van der Waals surface area contributed by atoms with E-state index in [0.717, 1.165) is 42.4 Å². The molecule has 1 aliphatic heterocycles. The minimum atomic E-state index is -1.48. The van der Waals surface area contributed by atoms with E-state index in [0.29, 0.717) is 22.6 Å². The van der Waals surface area contributed by atoms with E-state index in [1.165, 1.54) is 12.1 Å². The third-order valence-corrected chi connectivity index (χ3v) is 6.29. The number of aromatic nitrogens is 2. The van der Waals surface area contributed by atoms with Gasteiger partial charge in [0.25, 0.3) is 0 Å². The molecular weight excluding hydrogens is 419 g/mol. The second kappa shape index (κ2) is 9.27. The number of methoxy groups -OCH3 is 1. The maximum atomic E-state index is 14.2. The zero-order chi connectivity index (χ0) is 22.7. The number of benzene rings is 2. The Kier molecular flexibility index (Phi) is 6.44. The maximum absolute atomic E-state index is 14.2.